The molecule has 0 saturated heterocycles. The Hall–Kier alpha value is -2.10. The number of rotatable bonds is 3. The van der Waals surface area contributed by atoms with Crippen LogP contribution in [0.4, 0.5) is 11.5 Å². The Morgan fingerprint density at radius 3 is 2.41 bits per heavy atom. The van der Waals surface area contributed by atoms with Gasteiger partial charge in [0.2, 0.25) is 0 Å². The Bertz CT molecular complexity index is 883. The van der Waals surface area contributed by atoms with Gasteiger partial charge in [0.25, 0.3) is 11.5 Å². The van der Waals surface area contributed by atoms with E-state index < -0.39 is 17.2 Å². The summed E-state index contributed by atoms with van der Waals surface area (Å²) in [7, 11) is 2.77. The second kappa shape index (κ2) is 5.95. The zero-order valence-electron chi connectivity index (χ0n) is 12.3. The van der Waals surface area contributed by atoms with Gasteiger partial charge in [-0.05, 0) is 53.3 Å². The van der Waals surface area contributed by atoms with Gasteiger partial charge in [0.1, 0.15) is 11.4 Å². The van der Waals surface area contributed by atoms with Crippen molar-refractivity contribution < 1.29 is 4.79 Å². The van der Waals surface area contributed by atoms with E-state index in [9.17, 15) is 14.4 Å². The lowest BCUT2D eigenvalue weighted by molar-refractivity contribution is 0.0998. The van der Waals surface area contributed by atoms with Gasteiger partial charge in [0.15, 0.2) is 0 Å². The summed E-state index contributed by atoms with van der Waals surface area (Å²) in [6, 6.07) is 5.62. The van der Waals surface area contributed by atoms with Crippen molar-refractivity contribution in [2.75, 3.05) is 5.32 Å². The number of amides is 1. The molecule has 3 N–H and O–H groups in total. The van der Waals surface area contributed by atoms with Crippen LogP contribution in [0, 0.1) is 10.5 Å². The fourth-order valence-electron chi connectivity index (χ4n) is 2.11. The van der Waals surface area contributed by atoms with Crippen LogP contribution in [0.1, 0.15) is 15.9 Å². The number of benzene rings is 1. The topological polar surface area (TPSA) is 99.1 Å². The number of aromatic nitrogens is 2. The van der Waals surface area contributed by atoms with Crippen LogP contribution in [0.3, 0.4) is 0 Å². The fraction of sp³-hybridized carbons (Fsp3) is 0.214. The standard InChI is InChI=1S/C14H15IN4O3/c1-7-6-8(15)4-5-9(7)17-12-10(11(16)20)13(21)19(3)14(22)18(12)2/h4-6,17H,1-3H3,(H2,16,20). The molecule has 2 aromatic rings. The zero-order chi connectivity index (χ0) is 16.6. The second-order valence-corrected chi connectivity index (χ2v) is 6.12. The minimum atomic E-state index is -0.887. The molecule has 0 bridgehead atoms. The Labute approximate surface area is 139 Å². The summed E-state index contributed by atoms with van der Waals surface area (Å²) in [6.45, 7) is 1.88. The van der Waals surface area contributed by atoms with Crippen LogP contribution in [0.25, 0.3) is 0 Å². The number of anilines is 2. The normalized spacial score (nSPS) is 10.5. The van der Waals surface area contributed by atoms with Crippen molar-refractivity contribution in [1.82, 2.24) is 9.13 Å². The van der Waals surface area contributed by atoms with Crippen LogP contribution in [0.5, 0.6) is 0 Å². The molecule has 1 aromatic carbocycles. The first-order valence-electron chi connectivity index (χ1n) is 6.37. The lowest BCUT2D eigenvalue weighted by Crippen LogP contribution is -2.42. The van der Waals surface area contributed by atoms with Crippen molar-refractivity contribution in [3.05, 3.63) is 53.7 Å². The maximum absolute atomic E-state index is 12.1. The van der Waals surface area contributed by atoms with E-state index >= 15 is 0 Å². The molecule has 2 rings (SSSR count). The molecule has 116 valence electrons. The first-order valence-corrected chi connectivity index (χ1v) is 7.45. The van der Waals surface area contributed by atoms with Gasteiger partial charge < -0.3 is 11.1 Å². The molecule has 22 heavy (non-hydrogen) atoms. The third-order valence-corrected chi connectivity index (χ3v) is 4.02. The van der Waals surface area contributed by atoms with Crippen LogP contribution in [0.2, 0.25) is 0 Å². The summed E-state index contributed by atoms with van der Waals surface area (Å²) in [5.74, 6) is -0.799. The van der Waals surface area contributed by atoms with Crippen LogP contribution >= 0.6 is 22.6 Å². The number of primary amides is 1. The third kappa shape index (κ3) is 2.78. The first-order chi connectivity index (χ1) is 10.2. The Kier molecular flexibility index (Phi) is 4.40. The van der Waals surface area contributed by atoms with Gasteiger partial charge in [0, 0.05) is 23.4 Å². The van der Waals surface area contributed by atoms with E-state index in [2.05, 4.69) is 27.9 Å². The van der Waals surface area contributed by atoms with Crippen molar-refractivity contribution in [2.24, 2.45) is 19.8 Å². The van der Waals surface area contributed by atoms with Crippen LogP contribution in [-0.4, -0.2) is 15.0 Å². The smallest absolute Gasteiger partial charge is 0.332 e. The molecule has 7 nitrogen and oxygen atoms in total. The van der Waals surface area contributed by atoms with Crippen molar-refractivity contribution in [3.63, 3.8) is 0 Å². The quantitative estimate of drug-likeness (QED) is 0.728. The minimum Gasteiger partial charge on any atom is -0.365 e. The number of nitrogens with one attached hydrogen (secondary N) is 1. The summed E-state index contributed by atoms with van der Waals surface area (Å²) in [4.78, 5) is 35.8. The molecule has 0 fully saturated rings. The fourth-order valence-corrected chi connectivity index (χ4v) is 2.75. The van der Waals surface area contributed by atoms with E-state index in [-0.39, 0.29) is 11.4 Å². The predicted molar refractivity (Wildman–Crippen MR) is 92.6 cm³/mol. The number of carbonyl (C=O) groups excluding carboxylic acids is 1. The van der Waals surface area contributed by atoms with Gasteiger partial charge >= 0.3 is 5.69 Å². The summed E-state index contributed by atoms with van der Waals surface area (Å²) in [5.41, 5.74) is 5.40. The van der Waals surface area contributed by atoms with E-state index in [1.165, 1.54) is 18.7 Å². The molecule has 0 radical (unpaired) electrons. The van der Waals surface area contributed by atoms with E-state index in [1.54, 1.807) is 0 Å². The average Bonchev–Trinajstić information content (AvgIpc) is 2.44. The van der Waals surface area contributed by atoms with E-state index in [4.69, 9.17) is 5.73 Å². The lowest BCUT2D eigenvalue weighted by atomic mass is 10.2. The monoisotopic (exact) mass is 414 g/mol. The highest BCUT2D eigenvalue weighted by atomic mass is 127. The lowest BCUT2D eigenvalue weighted by Gasteiger charge is -2.16. The van der Waals surface area contributed by atoms with Crippen molar-refractivity contribution in [1.29, 1.82) is 0 Å². The molecule has 0 atom stereocenters. The van der Waals surface area contributed by atoms with E-state index in [0.29, 0.717) is 5.69 Å². The van der Waals surface area contributed by atoms with Crippen LogP contribution in [0.15, 0.2) is 27.8 Å². The summed E-state index contributed by atoms with van der Waals surface area (Å²) >= 11 is 2.18. The average molecular weight is 414 g/mol. The summed E-state index contributed by atoms with van der Waals surface area (Å²) < 4.78 is 3.10. The number of halogens is 1. The first kappa shape index (κ1) is 16.3. The number of nitrogens with zero attached hydrogens (tertiary/aromatic N) is 2. The van der Waals surface area contributed by atoms with Crippen LogP contribution < -0.4 is 22.3 Å². The molecule has 1 heterocycles. The van der Waals surface area contributed by atoms with Crippen molar-refractivity contribution >= 4 is 40.0 Å². The largest absolute Gasteiger partial charge is 0.365 e. The summed E-state index contributed by atoms with van der Waals surface area (Å²) in [5, 5.41) is 2.97. The Balaban J connectivity index is 2.72. The van der Waals surface area contributed by atoms with E-state index in [1.807, 2.05) is 25.1 Å². The molecule has 0 saturated carbocycles. The predicted octanol–water partition coefficient (Wildman–Crippen LogP) is 0.840. The third-order valence-electron chi connectivity index (χ3n) is 3.35. The zero-order valence-corrected chi connectivity index (χ0v) is 14.5. The summed E-state index contributed by atoms with van der Waals surface area (Å²) in [6.07, 6.45) is 0. The van der Waals surface area contributed by atoms with Crippen molar-refractivity contribution in [3.8, 4) is 0 Å². The molecule has 8 heteroatoms. The number of hydrogen-bond acceptors (Lipinski definition) is 4. The van der Waals surface area contributed by atoms with Gasteiger partial charge in [-0.3, -0.25) is 18.7 Å². The highest BCUT2D eigenvalue weighted by Crippen LogP contribution is 2.22. The maximum atomic E-state index is 12.1. The van der Waals surface area contributed by atoms with Gasteiger partial charge in [0.05, 0.1) is 0 Å². The van der Waals surface area contributed by atoms with Gasteiger partial charge in [-0.2, -0.15) is 0 Å². The van der Waals surface area contributed by atoms with E-state index in [0.717, 1.165) is 13.7 Å². The number of carbonyl (C=O) groups is 1. The van der Waals surface area contributed by atoms with Gasteiger partial charge in [-0.15, -0.1) is 0 Å². The number of hydrogen-bond donors (Lipinski definition) is 2. The molecule has 1 aromatic heterocycles. The van der Waals surface area contributed by atoms with Crippen molar-refractivity contribution in [2.45, 2.75) is 6.92 Å². The van der Waals surface area contributed by atoms with Crippen LogP contribution in [-0.2, 0) is 14.1 Å². The number of nitrogens with two attached hydrogens (primary N) is 1. The maximum Gasteiger partial charge on any atom is 0.332 e. The minimum absolute atomic E-state index is 0.0879. The molecule has 0 unspecified atom stereocenters. The molecule has 0 aliphatic heterocycles. The highest BCUT2D eigenvalue weighted by Gasteiger charge is 2.20. The second-order valence-electron chi connectivity index (χ2n) is 4.88. The van der Waals surface area contributed by atoms with Gasteiger partial charge in [-0.25, -0.2) is 4.79 Å². The molecular formula is C14H15IN4O3. The highest BCUT2D eigenvalue weighted by molar-refractivity contribution is 14.1. The molecule has 0 spiro atoms. The van der Waals surface area contributed by atoms with Gasteiger partial charge in [-0.1, -0.05) is 0 Å². The molecule has 1 amide bonds. The molecular weight excluding hydrogens is 399 g/mol. The number of aryl methyl sites for hydroxylation is 1. The SMILES string of the molecule is Cc1cc(I)ccc1Nc1c(C(N)=O)c(=O)n(C)c(=O)n1C. The Morgan fingerprint density at radius 2 is 1.86 bits per heavy atom. The molecule has 0 aliphatic rings. The molecule has 0 aliphatic carbocycles. The Morgan fingerprint density at radius 1 is 1.23 bits per heavy atom.